The van der Waals surface area contributed by atoms with E-state index in [1.165, 1.54) is 0 Å². The van der Waals surface area contributed by atoms with Crippen LogP contribution in [0.4, 0.5) is 0 Å². The molecule has 1 aliphatic heterocycles. The summed E-state index contributed by atoms with van der Waals surface area (Å²) in [5, 5.41) is 6.03. The van der Waals surface area contributed by atoms with Crippen molar-refractivity contribution in [1.82, 2.24) is 10.6 Å². The molecule has 0 saturated carbocycles. The van der Waals surface area contributed by atoms with Gasteiger partial charge in [-0.25, -0.2) is 0 Å². The van der Waals surface area contributed by atoms with E-state index in [1.807, 2.05) is 32.5 Å². The van der Waals surface area contributed by atoms with Crippen LogP contribution < -0.4 is 16.4 Å². The van der Waals surface area contributed by atoms with Crippen LogP contribution in [-0.4, -0.2) is 41.9 Å². The Hall–Kier alpha value is -0.750. The predicted molar refractivity (Wildman–Crippen MR) is 74.3 cm³/mol. The van der Waals surface area contributed by atoms with Gasteiger partial charge in [0.1, 0.15) is 6.04 Å². The summed E-state index contributed by atoms with van der Waals surface area (Å²) in [6, 6.07) is -0.432. The Labute approximate surface area is 113 Å². The second-order valence-electron chi connectivity index (χ2n) is 5.70. The molecule has 0 aromatic carbocycles. The third kappa shape index (κ3) is 4.86. The largest absolute Gasteiger partial charge is 0.368 e. The van der Waals surface area contributed by atoms with Crippen LogP contribution in [0.25, 0.3) is 0 Å². The van der Waals surface area contributed by atoms with E-state index in [2.05, 4.69) is 10.6 Å². The van der Waals surface area contributed by atoms with Gasteiger partial charge in [0.25, 0.3) is 0 Å². The molecule has 0 aliphatic carbocycles. The third-order valence-corrected chi connectivity index (χ3v) is 4.02. The summed E-state index contributed by atoms with van der Waals surface area (Å²) < 4.78 is 0. The highest BCUT2D eigenvalue weighted by atomic mass is 32.2. The maximum Gasteiger partial charge on any atom is 0.240 e. The van der Waals surface area contributed by atoms with E-state index in [0.29, 0.717) is 6.42 Å². The zero-order valence-corrected chi connectivity index (χ0v) is 12.1. The number of carbonyl (C=O) groups is 2. The average Bonchev–Trinajstić information content (AvgIpc) is 2.25. The molecular weight excluding hydrogens is 250 g/mol. The van der Waals surface area contributed by atoms with E-state index in [-0.39, 0.29) is 17.4 Å². The number of hydrogen-bond donors (Lipinski definition) is 3. The van der Waals surface area contributed by atoms with E-state index < -0.39 is 11.9 Å². The second kappa shape index (κ2) is 6.43. The van der Waals surface area contributed by atoms with Crippen LogP contribution in [0.5, 0.6) is 0 Å². The molecule has 5 nitrogen and oxygen atoms in total. The maximum absolute atomic E-state index is 11.9. The van der Waals surface area contributed by atoms with Crippen molar-refractivity contribution in [3.63, 3.8) is 0 Å². The topological polar surface area (TPSA) is 84.2 Å². The summed E-state index contributed by atoms with van der Waals surface area (Å²) >= 11 is 1.84. The first-order valence-corrected chi connectivity index (χ1v) is 7.36. The molecule has 1 heterocycles. The van der Waals surface area contributed by atoms with Crippen molar-refractivity contribution in [2.75, 3.05) is 18.1 Å². The third-order valence-electron chi connectivity index (χ3n) is 2.89. The molecule has 1 fully saturated rings. The minimum absolute atomic E-state index is 0.117. The molecule has 0 radical (unpaired) electrons. The lowest BCUT2D eigenvalue weighted by atomic mass is 9.86. The monoisotopic (exact) mass is 273 g/mol. The van der Waals surface area contributed by atoms with Gasteiger partial charge in [-0.1, -0.05) is 20.8 Å². The maximum atomic E-state index is 11.9. The first kappa shape index (κ1) is 15.3. The number of hydrogen-bond acceptors (Lipinski definition) is 4. The molecule has 0 aromatic rings. The molecule has 6 heteroatoms. The SMILES string of the molecule is CC(C)(C)C(NC(=O)CC1CSCCN1)C(N)=O. The van der Waals surface area contributed by atoms with Gasteiger partial charge in [0.15, 0.2) is 0 Å². The smallest absolute Gasteiger partial charge is 0.240 e. The number of rotatable bonds is 4. The lowest BCUT2D eigenvalue weighted by Gasteiger charge is -2.30. The highest BCUT2D eigenvalue weighted by Gasteiger charge is 2.31. The molecule has 0 aromatic heterocycles. The van der Waals surface area contributed by atoms with Crippen LogP contribution in [0, 0.1) is 5.41 Å². The van der Waals surface area contributed by atoms with Gasteiger partial charge in [0.05, 0.1) is 0 Å². The molecule has 1 rings (SSSR count). The first-order chi connectivity index (χ1) is 8.30. The van der Waals surface area contributed by atoms with Crippen LogP contribution in [0.3, 0.4) is 0 Å². The molecule has 2 amide bonds. The molecule has 0 spiro atoms. The number of nitrogens with one attached hydrogen (secondary N) is 2. The number of primary amides is 1. The fourth-order valence-corrected chi connectivity index (χ4v) is 2.86. The molecule has 104 valence electrons. The Morgan fingerprint density at radius 1 is 1.50 bits per heavy atom. The molecule has 1 aliphatic rings. The highest BCUT2D eigenvalue weighted by Crippen LogP contribution is 2.19. The fourth-order valence-electron chi connectivity index (χ4n) is 1.91. The lowest BCUT2D eigenvalue weighted by Crippen LogP contribution is -2.53. The first-order valence-electron chi connectivity index (χ1n) is 6.20. The Kier molecular flexibility index (Phi) is 5.47. The van der Waals surface area contributed by atoms with Gasteiger partial charge >= 0.3 is 0 Å². The minimum atomic E-state index is -0.624. The molecule has 0 bridgehead atoms. The molecule has 18 heavy (non-hydrogen) atoms. The van der Waals surface area contributed by atoms with Crippen molar-refractivity contribution in [2.45, 2.75) is 39.3 Å². The summed E-state index contributed by atoms with van der Waals surface area (Å²) in [4.78, 5) is 23.3. The Morgan fingerprint density at radius 3 is 2.61 bits per heavy atom. The number of thioether (sulfide) groups is 1. The van der Waals surface area contributed by atoms with Crippen molar-refractivity contribution in [1.29, 1.82) is 0 Å². The Balaban J connectivity index is 2.48. The van der Waals surface area contributed by atoms with Crippen molar-refractivity contribution in [2.24, 2.45) is 11.1 Å². The fraction of sp³-hybridized carbons (Fsp3) is 0.833. The zero-order valence-electron chi connectivity index (χ0n) is 11.3. The van der Waals surface area contributed by atoms with E-state index in [1.54, 1.807) is 0 Å². The summed E-state index contributed by atoms with van der Waals surface area (Å²) in [5.41, 5.74) is 4.97. The highest BCUT2D eigenvalue weighted by molar-refractivity contribution is 7.99. The van der Waals surface area contributed by atoms with E-state index in [9.17, 15) is 9.59 Å². The molecular formula is C12H23N3O2S. The van der Waals surface area contributed by atoms with E-state index in [4.69, 9.17) is 5.73 Å². The second-order valence-corrected chi connectivity index (χ2v) is 6.85. The van der Waals surface area contributed by atoms with Gasteiger partial charge in [-0.15, -0.1) is 0 Å². The summed E-state index contributed by atoms with van der Waals surface area (Å²) in [7, 11) is 0. The number of amides is 2. The molecule has 1 saturated heterocycles. The van der Waals surface area contributed by atoms with Gasteiger partial charge in [-0.3, -0.25) is 9.59 Å². The summed E-state index contributed by atoms with van der Waals surface area (Å²) in [5.74, 6) is 1.42. The summed E-state index contributed by atoms with van der Waals surface area (Å²) in [6.45, 7) is 6.59. The van der Waals surface area contributed by atoms with Crippen LogP contribution in [0.2, 0.25) is 0 Å². The minimum Gasteiger partial charge on any atom is -0.368 e. The molecule has 2 unspecified atom stereocenters. The van der Waals surface area contributed by atoms with Gasteiger partial charge < -0.3 is 16.4 Å². The zero-order chi connectivity index (χ0) is 13.8. The van der Waals surface area contributed by atoms with Gasteiger partial charge in [-0.05, 0) is 5.41 Å². The van der Waals surface area contributed by atoms with E-state index >= 15 is 0 Å². The van der Waals surface area contributed by atoms with Gasteiger partial charge in [0, 0.05) is 30.5 Å². The van der Waals surface area contributed by atoms with Crippen molar-refractivity contribution in [3.8, 4) is 0 Å². The molecule has 2 atom stereocenters. The van der Waals surface area contributed by atoms with Crippen LogP contribution in [0.1, 0.15) is 27.2 Å². The summed E-state index contributed by atoms with van der Waals surface area (Å²) in [6.07, 6.45) is 0.396. The normalized spacial score (nSPS) is 22.3. The van der Waals surface area contributed by atoms with Gasteiger partial charge in [0.2, 0.25) is 11.8 Å². The average molecular weight is 273 g/mol. The Morgan fingerprint density at radius 2 is 2.17 bits per heavy atom. The van der Waals surface area contributed by atoms with Gasteiger partial charge in [-0.2, -0.15) is 11.8 Å². The van der Waals surface area contributed by atoms with Crippen molar-refractivity contribution in [3.05, 3.63) is 0 Å². The van der Waals surface area contributed by atoms with Crippen LogP contribution >= 0.6 is 11.8 Å². The van der Waals surface area contributed by atoms with Crippen molar-refractivity contribution < 1.29 is 9.59 Å². The standard InChI is InChI=1S/C12H23N3O2S/c1-12(2,3)10(11(13)17)15-9(16)6-8-7-18-5-4-14-8/h8,10,14H,4-7H2,1-3H3,(H2,13,17)(H,15,16). The van der Waals surface area contributed by atoms with Crippen LogP contribution in [-0.2, 0) is 9.59 Å². The molecule has 4 N–H and O–H groups in total. The van der Waals surface area contributed by atoms with Crippen LogP contribution in [0.15, 0.2) is 0 Å². The lowest BCUT2D eigenvalue weighted by molar-refractivity contribution is -0.130. The van der Waals surface area contributed by atoms with Crippen molar-refractivity contribution >= 4 is 23.6 Å². The Bertz CT molecular complexity index is 309. The predicted octanol–water partition coefficient (Wildman–Crippen LogP) is 0.0977. The van der Waals surface area contributed by atoms with E-state index in [0.717, 1.165) is 18.1 Å². The number of carbonyl (C=O) groups excluding carboxylic acids is 2. The quantitative estimate of drug-likeness (QED) is 0.678. The number of nitrogens with two attached hydrogens (primary N) is 1.